The Balaban J connectivity index is 2.46. The summed E-state index contributed by atoms with van der Waals surface area (Å²) in [6.45, 7) is 6.63. The lowest BCUT2D eigenvalue weighted by molar-refractivity contribution is -0.439. The van der Waals surface area contributed by atoms with Crippen molar-refractivity contribution in [1.82, 2.24) is 0 Å². The molecule has 2 rings (SSSR count). The Morgan fingerprint density at radius 3 is 2.52 bits per heavy atom. The highest BCUT2D eigenvalue weighted by Crippen LogP contribution is 2.42. The maximum absolute atomic E-state index is 12.9. The van der Waals surface area contributed by atoms with Crippen LogP contribution in [0.25, 0.3) is 0 Å². The molecule has 1 nitrogen and oxygen atoms in total. The number of nitrogens with zero attached hydrogens (tertiary/aromatic N) is 1. The van der Waals surface area contributed by atoms with Crippen LogP contribution >= 0.6 is 0 Å². The summed E-state index contributed by atoms with van der Waals surface area (Å²) in [4.78, 5) is 0. The van der Waals surface area contributed by atoms with E-state index in [4.69, 9.17) is 6.42 Å². The minimum absolute atomic E-state index is 0.396. The van der Waals surface area contributed by atoms with E-state index in [1.54, 1.807) is 6.07 Å². The van der Waals surface area contributed by atoms with E-state index in [1.165, 1.54) is 6.07 Å². The second-order valence-electron chi connectivity index (χ2n) is 5.90. The summed E-state index contributed by atoms with van der Waals surface area (Å²) in [5, 5.41) is 0. The van der Waals surface area contributed by atoms with Crippen molar-refractivity contribution in [1.29, 1.82) is 0 Å². The van der Waals surface area contributed by atoms with Crippen LogP contribution in [-0.4, -0.2) is 16.8 Å². The molecule has 1 aliphatic heterocycles. The molecule has 0 spiro atoms. The Kier molecular flexibility index (Phi) is 3.88. The molecule has 0 aliphatic carbocycles. The standard InChI is InChI=1S/C17H19F3N/c1-5-6-7-10-21-12(2)16(3,4)14-11-13(17(18,19)20)8-9-15(14)21/h1,8-9,11H,6-7,10H2,2-4H3/q+1. The van der Waals surface area contributed by atoms with Crippen molar-refractivity contribution >= 4 is 11.4 Å². The number of terminal acetylenes is 1. The highest BCUT2D eigenvalue weighted by molar-refractivity contribution is 5.93. The summed E-state index contributed by atoms with van der Waals surface area (Å²) < 4.78 is 40.8. The Hall–Kier alpha value is -1.76. The predicted octanol–water partition coefficient (Wildman–Crippen LogP) is 4.51. The average Bonchev–Trinajstić information content (AvgIpc) is 2.59. The molecule has 1 aliphatic rings. The van der Waals surface area contributed by atoms with E-state index in [1.807, 2.05) is 20.8 Å². The fraction of sp³-hybridized carbons (Fsp3) is 0.471. The third-order valence-electron chi connectivity index (χ3n) is 4.30. The zero-order valence-corrected chi connectivity index (χ0v) is 12.5. The Morgan fingerprint density at radius 1 is 1.29 bits per heavy atom. The molecule has 4 heteroatoms. The summed E-state index contributed by atoms with van der Waals surface area (Å²) in [6.07, 6.45) is 2.44. The van der Waals surface area contributed by atoms with Gasteiger partial charge in [-0.25, -0.2) is 0 Å². The van der Waals surface area contributed by atoms with Crippen molar-refractivity contribution in [3.63, 3.8) is 0 Å². The molecule has 0 saturated carbocycles. The van der Waals surface area contributed by atoms with E-state index < -0.39 is 17.2 Å². The molecular formula is C17H19F3N+. The van der Waals surface area contributed by atoms with Gasteiger partial charge >= 0.3 is 6.18 Å². The third-order valence-corrected chi connectivity index (χ3v) is 4.30. The third kappa shape index (κ3) is 2.70. The van der Waals surface area contributed by atoms with Crippen LogP contribution in [0.2, 0.25) is 0 Å². The van der Waals surface area contributed by atoms with Crippen molar-refractivity contribution in [2.45, 2.75) is 45.2 Å². The number of benzene rings is 1. The van der Waals surface area contributed by atoms with Crippen LogP contribution in [0.1, 0.15) is 44.7 Å². The number of hydrogen-bond donors (Lipinski definition) is 0. The molecular weight excluding hydrogens is 275 g/mol. The first-order valence-corrected chi connectivity index (χ1v) is 6.96. The fourth-order valence-electron chi connectivity index (χ4n) is 2.79. The van der Waals surface area contributed by atoms with Crippen LogP contribution in [-0.2, 0) is 11.6 Å². The van der Waals surface area contributed by atoms with Crippen molar-refractivity contribution in [3.05, 3.63) is 29.3 Å². The molecule has 1 heterocycles. The van der Waals surface area contributed by atoms with Gasteiger partial charge in [-0.2, -0.15) is 17.7 Å². The first kappa shape index (κ1) is 15.6. The molecule has 1 aromatic carbocycles. The van der Waals surface area contributed by atoms with Gasteiger partial charge in [-0.1, -0.05) is 0 Å². The molecule has 0 radical (unpaired) electrons. The van der Waals surface area contributed by atoms with E-state index in [9.17, 15) is 13.2 Å². The Bertz CT molecular complexity index is 630. The lowest BCUT2D eigenvalue weighted by Gasteiger charge is -2.16. The Morgan fingerprint density at radius 2 is 1.95 bits per heavy atom. The van der Waals surface area contributed by atoms with Gasteiger partial charge in [0.15, 0.2) is 5.71 Å². The van der Waals surface area contributed by atoms with Gasteiger partial charge in [0.2, 0.25) is 5.69 Å². The molecule has 112 valence electrons. The van der Waals surface area contributed by atoms with Crippen molar-refractivity contribution in [2.75, 3.05) is 6.54 Å². The number of hydrogen-bond acceptors (Lipinski definition) is 0. The van der Waals surface area contributed by atoms with Gasteiger partial charge < -0.3 is 0 Å². The number of alkyl halides is 3. The number of halogens is 3. The first-order valence-electron chi connectivity index (χ1n) is 6.96. The highest BCUT2D eigenvalue weighted by atomic mass is 19.4. The summed E-state index contributed by atoms with van der Waals surface area (Å²) >= 11 is 0. The van der Waals surface area contributed by atoms with E-state index in [2.05, 4.69) is 10.5 Å². The van der Waals surface area contributed by atoms with Gasteiger partial charge in [0, 0.05) is 31.4 Å². The SMILES string of the molecule is C#CCCC[N+]1=C(C)C(C)(C)c2cc(C(F)(F)F)ccc21. The Labute approximate surface area is 123 Å². The lowest BCUT2D eigenvalue weighted by atomic mass is 9.81. The molecule has 0 atom stereocenters. The summed E-state index contributed by atoms with van der Waals surface area (Å²) in [6, 6.07) is 4.01. The molecule has 0 N–H and O–H groups in total. The summed E-state index contributed by atoms with van der Waals surface area (Å²) in [5.41, 5.74) is 1.67. The summed E-state index contributed by atoms with van der Waals surface area (Å²) in [7, 11) is 0. The molecule has 0 aromatic heterocycles. The van der Waals surface area contributed by atoms with E-state index in [-0.39, 0.29) is 0 Å². The van der Waals surface area contributed by atoms with Crippen molar-refractivity contribution in [2.24, 2.45) is 0 Å². The van der Waals surface area contributed by atoms with Gasteiger partial charge in [0.05, 0.1) is 11.0 Å². The molecule has 21 heavy (non-hydrogen) atoms. The topological polar surface area (TPSA) is 3.01 Å². The second kappa shape index (κ2) is 5.22. The molecule has 1 aromatic rings. The molecule has 0 unspecified atom stereocenters. The van der Waals surface area contributed by atoms with Gasteiger partial charge in [-0.05, 0) is 26.0 Å². The minimum Gasteiger partial charge on any atom is -0.199 e. The van der Waals surface area contributed by atoms with Gasteiger partial charge in [-0.3, -0.25) is 0 Å². The number of unbranched alkanes of at least 4 members (excludes halogenated alkanes) is 1. The number of fused-ring (bicyclic) bond motifs is 1. The quantitative estimate of drug-likeness (QED) is 0.438. The normalized spacial score (nSPS) is 16.8. The monoisotopic (exact) mass is 294 g/mol. The van der Waals surface area contributed by atoms with Crippen LogP contribution < -0.4 is 0 Å². The van der Waals surface area contributed by atoms with Crippen LogP contribution in [0.15, 0.2) is 18.2 Å². The van der Waals surface area contributed by atoms with E-state index in [0.717, 1.165) is 36.0 Å². The lowest BCUT2D eigenvalue weighted by Crippen LogP contribution is -2.26. The van der Waals surface area contributed by atoms with Crippen molar-refractivity contribution < 1.29 is 17.7 Å². The zero-order valence-electron chi connectivity index (χ0n) is 12.5. The summed E-state index contributed by atoms with van der Waals surface area (Å²) in [5.74, 6) is 2.60. The maximum atomic E-state index is 12.9. The molecule has 0 saturated heterocycles. The molecule has 0 fully saturated rings. The minimum atomic E-state index is -4.31. The van der Waals surface area contributed by atoms with Gasteiger partial charge in [0.25, 0.3) is 0 Å². The maximum Gasteiger partial charge on any atom is 0.416 e. The fourth-order valence-corrected chi connectivity index (χ4v) is 2.79. The largest absolute Gasteiger partial charge is 0.416 e. The van der Waals surface area contributed by atoms with Gasteiger partial charge in [-0.15, -0.1) is 12.3 Å². The first-order chi connectivity index (χ1) is 9.69. The highest BCUT2D eigenvalue weighted by Gasteiger charge is 2.44. The van der Waals surface area contributed by atoms with E-state index >= 15 is 0 Å². The predicted molar refractivity (Wildman–Crippen MR) is 78.0 cm³/mol. The molecule has 0 bridgehead atoms. The number of rotatable bonds is 3. The van der Waals surface area contributed by atoms with E-state index in [0.29, 0.717) is 6.42 Å². The van der Waals surface area contributed by atoms with Crippen LogP contribution in [0.5, 0.6) is 0 Å². The van der Waals surface area contributed by atoms with Crippen LogP contribution in [0.4, 0.5) is 18.9 Å². The molecule has 0 amide bonds. The second-order valence-corrected chi connectivity index (χ2v) is 5.90. The average molecular weight is 294 g/mol. The van der Waals surface area contributed by atoms with Gasteiger partial charge in [0.1, 0.15) is 6.54 Å². The van der Waals surface area contributed by atoms with Crippen molar-refractivity contribution in [3.8, 4) is 12.3 Å². The van der Waals surface area contributed by atoms with Crippen LogP contribution in [0, 0.1) is 12.3 Å². The smallest absolute Gasteiger partial charge is 0.199 e. The van der Waals surface area contributed by atoms with Crippen LogP contribution in [0.3, 0.4) is 0 Å². The zero-order chi connectivity index (χ0) is 15.8.